The molecule has 1 amide bonds. The van der Waals surface area contributed by atoms with Crippen LogP contribution in [0.3, 0.4) is 0 Å². The fourth-order valence-corrected chi connectivity index (χ4v) is 3.41. The third kappa shape index (κ3) is 3.47. The number of rotatable bonds is 3. The molecular formula is C21H22N2O4. The molecule has 2 heterocycles. The van der Waals surface area contributed by atoms with Crippen molar-refractivity contribution >= 4 is 11.6 Å². The van der Waals surface area contributed by atoms with E-state index in [-0.39, 0.29) is 11.9 Å². The van der Waals surface area contributed by atoms with Gasteiger partial charge in [0.1, 0.15) is 5.75 Å². The van der Waals surface area contributed by atoms with Crippen molar-refractivity contribution in [1.29, 1.82) is 0 Å². The zero-order valence-corrected chi connectivity index (χ0v) is 15.5. The van der Waals surface area contributed by atoms with Gasteiger partial charge in [-0.2, -0.15) is 5.10 Å². The van der Waals surface area contributed by atoms with Crippen LogP contribution in [0.1, 0.15) is 36.9 Å². The fourth-order valence-electron chi connectivity index (χ4n) is 3.41. The first-order valence-corrected chi connectivity index (χ1v) is 9.07. The molecule has 0 saturated carbocycles. The molecule has 0 aromatic heterocycles. The van der Waals surface area contributed by atoms with Crippen LogP contribution in [0.5, 0.6) is 17.2 Å². The van der Waals surface area contributed by atoms with E-state index in [4.69, 9.17) is 14.2 Å². The van der Waals surface area contributed by atoms with Gasteiger partial charge in [-0.25, -0.2) is 5.01 Å². The van der Waals surface area contributed by atoms with Crippen LogP contribution in [0, 0.1) is 0 Å². The Balaban J connectivity index is 1.63. The maximum absolute atomic E-state index is 12.2. The number of hydrogen-bond donors (Lipinski definition) is 0. The normalized spacial score (nSPS) is 18.7. The number of carbonyl (C=O) groups excluding carboxylic acids is 1. The van der Waals surface area contributed by atoms with Gasteiger partial charge in [0, 0.05) is 19.8 Å². The Kier molecular flexibility index (Phi) is 4.71. The number of methoxy groups -OCH3 is 1. The Morgan fingerprint density at radius 1 is 1.11 bits per heavy atom. The Labute approximate surface area is 158 Å². The van der Waals surface area contributed by atoms with Crippen molar-refractivity contribution in [3.63, 3.8) is 0 Å². The number of carbonyl (C=O) groups is 1. The van der Waals surface area contributed by atoms with Gasteiger partial charge < -0.3 is 14.2 Å². The molecule has 1 unspecified atom stereocenters. The van der Waals surface area contributed by atoms with E-state index in [1.807, 2.05) is 42.5 Å². The summed E-state index contributed by atoms with van der Waals surface area (Å²) in [6.45, 7) is 2.82. The second kappa shape index (κ2) is 7.31. The maximum atomic E-state index is 12.2. The largest absolute Gasteiger partial charge is 0.497 e. The van der Waals surface area contributed by atoms with Crippen molar-refractivity contribution in [1.82, 2.24) is 5.01 Å². The predicted octanol–water partition coefficient (Wildman–Crippen LogP) is 3.55. The monoisotopic (exact) mass is 366 g/mol. The summed E-state index contributed by atoms with van der Waals surface area (Å²) in [6, 6.07) is 13.4. The molecule has 6 nitrogen and oxygen atoms in total. The smallest absolute Gasteiger partial charge is 0.240 e. The van der Waals surface area contributed by atoms with E-state index < -0.39 is 0 Å². The molecule has 2 aliphatic heterocycles. The van der Waals surface area contributed by atoms with Gasteiger partial charge in [0.15, 0.2) is 11.5 Å². The summed E-state index contributed by atoms with van der Waals surface area (Å²) in [4.78, 5) is 12.2. The minimum absolute atomic E-state index is 0.0874. The van der Waals surface area contributed by atoms with Crippen molar-refractivity contribution in [2.24, 2.45) is 5.10 Å². The van der Waals surface area contributed by atoms with Crippen molar-refractivity contribution in [2.45, 2.75) is 25.8 Å². The molecule has 0 bridgehead atoms. The lowest BCUT2D eigenvalue weighted by molar-refractivity contribution is -0.130. The Morgan fingerprint density at radius 2 is 1.85 bits per heavy atom. The number of hydrazone groups is 1. The molecule has 140 valence electrons. The van der Waals surface area contributed by atoms with E-state index in [0.29, 0.717) is 19.6 Å². The molecule has 0 N–H and O–H groups in total. The molecule has 1 atom stereocenters. The summed E-state index contributed by atoms with van der Waals surface area (Å²) in [7, 11) is 1.64. The second-order valence-corrected chi connectivity index (χ2v) is 6.62. The molecule has 0 spiro atoms. The van der Waals surface area contributed by atoms with Crippen molar-refractivity contribution in [3.8, 4) is 17.2 Å². The molecule has 2 aromatic rings. The highest BCUT2D eigenvalue weighted by atomic mass is 16.5. The average Bonchev–Trinajstić information content (AvgIpc) is 3.01. The van der Waals surface area contributed by atoms with Gasteiger partial charge >= 0.3 is 0 Å². The predicted molar refractivity (Wildman–Crippen MR) is 101 cm³/mol. The van der Waals surface area contributed by atoms with Crippen molar-refractivity contribution in [2.75, 3.05) is 20.3 Å². The lowest BCUT2D eigenvalue weighted by atomic mass is 9.98. The van der Waals surface area contributed by atoms with E-state index in [1.165, 1.54) is 6.92 Å². The summed E-state index contributed by atoms with van der Waals surface area (Å²) < 4.78 is 16.7. The molecule has 0 aliphatic carbocycles. The highest BCUT2D eigenvalue weighted by Gasteiger charge is 2.32. The van der Waals surface area contributed by atoms with E-state index in [0.717, 1.165) is 40.5 Å². The first-order chi connectivity index (χ1) is 13.2. The molecule has 4 rings (SSSR count). The number of amides is 1. The quantitative estimate of drug-likeness (QED) is 0.833. The molecule has 0 fully saturated rings. The minimum Gasteiger partial charge on any atom is -0.497 e. The van der Waals surface area contributed by atoms with Gasteiger partial charge in [-0.05, 0) is 47.5 Å². The van der Waals surface area contributed by atoms with Crippen LogP contribution in [-0.4, -0.2) is 37.0 Å². The highest BCUT2D eigenvalue weighted by Crippen LogP contribution is 2.38. The van der Waals surface area contributed by atoms with Crippen molar-refractivity contribution < 1.29 is 19.0 Å². The van der Waals surface area contributed by atoms with Gasteiger partial charge in [0.2, 0.25) is 5.91 Å². The van der Waals surface area contributed by atoms with Crippen LogP contribution in [-0.2, 0) is 4.79 Å². The number of nitrogens with zero attached hydrogens (tertiary/aromatic N) is 2. The van der Waals surface area contributed by atoms with E-state index in [1.54, 1.807) is 12.1 Å². The Morgan fingerprint density at radius 3 is 2.56 bits per heavy atom. The van der Waals surface area contributed by atoms with Crippen molar-refractivity contribution in [3.05, 3.63) is 53.6 Å². The lowest BCUT2D eigenvalue weighted by Gasteiger charge is -2.21. The Bertz CT molecular complexity index is 876. The summed E-state index contributed by atoms with van der Waals surface area (Å²) >= 11 is 0. The van der Waals surface area contributed by atoms with Crippen LogP contribution in [0.25, 0.3) is 0 Å². The topological polar surface area (TPSA) is 60.4 Å². The zero-order chi connectivity index (χ0) is 18.8. The van der Waals surface area contributed by atoms with Gasteiger partial charge in [0.25, 0.3) is 0 Å². The first kappa shape index (κ1) is 17.4. The maximum Gasteiger partial charge on any atom is 0.240 e. The summed E-state index contributed by atoms with van der Waals surface area (Å²) in [5.74, 6) is 2.18. The zero-order valence-electron chi connectivity index (χ0n) is 15.5. The number of fused-ring (bicyclic) bond motifs is 1. The van der Waals surface area contributed by atoms with Gasteiger partial charge in [-0.3, -0.25) is 4.79 Å². The number of ether oxygens (including phenoxy) is 3. The van der Waals surface area contributed by atoms with E-state index in [9.17, 15) is 4.79 Å². The highest BCUT2D eigenvalue weighted by molar-refractivity contribution is 6.03. The van der Waals surface area contributed by atoms with E-state index >= 15 is 0 Å². The van der Waals surface area contributed by atoms with Gasteiger partial charge in [-0.1, -0.05) is 6.07 Å². The van der Waals surface area contributed by atoms with E-state index in [2.05, 4.69) is 5.10 Å². The molecule has 0 saturated heterocycles. The standard InChI is InChI=1S/C21H22N2O4/c1-14(24)23-19(13-18(22-23)15-4-7-17(25-2)8-5-15)16-6-9-20-21(12-16)27-11-3-10-26-20/h4-9,12,19H,3,10-11,13H2,1-2H3. The summed E-state index contributed by atoms with van der Waals surface area (Å²) in [5.41, 5.74) is 2.85. The molecule has 2 aromatic carbocycles. The van der Waals surface area contributed by atoms with Crippen LogP contribution in [0.15, 0.2) is 47.6 Å². The van der Waals surface area contributed by atoms with Crippen LogP contribution in [0.2, 0.25) is 0 Å². The average molecular weight is 366 g/mol. The lowest BCUT2D eigenvalue weighted by Crippen LogP contribution is -2.24. The third-order valence-electron chi connectivity index (χ3n) is 4.81. The SMILES string of the molecule is COc1ccc(C2=NN(C(C)=O)C(c3ccc4c(c3)OCCCO4)C2)cc1. The Hall–Kier alpha value is -3.02. The molecular weight excluding hydrogens is 344 g/mol. The van der Waals surface area contributed by atoms with Crippen LogP contribution >= 0.6 is 0 Å². The second-order valence-electron chi connectivity index (χ2n) is 6.62. The summed E-state index contributed by atoms with van der Waals surface area (Å²) in [6.07, 6.45) is 1.50. The van der Waals surface area contributed by atoms with Gasteiger partial charge in [-0.15, -0.1) is 0 Å². The van der Waals surface area contributed by atoms with Crippen LogP contribution in [0.4, 0.5) is 0 Å². The first-order valence-electron chi connectivity index (χ1n) is 9.07. The molecule has 2 aliphatic rings. The number of hydrogen-bond acceptors (Lipinski definition) is 5. The fraction of sp³-hybridized carbons (Fsp3) is 0.333. The molecule has 27 heavy (non-hydrogen) atoms. The molecule has 6 heteroatoms. The minimum atomic E-state index is -0.156. The van der Waals surface area contributed by atoms with Gasteiger partial charge in [0.05, 0.1) is 32.1 Å². The van der Waals surface area contributed by atoms with Crippen LogP contribution < -0.4 is 14.2 Å². The third-order valence-corrected chi connectivity index (χ3v) is 4.81. The molecule has 0 radical (unpaired) electrons. The summed E-state index contributed by atoms with van der Waals surface area (Å²) in [5, 5.41) is 6.14. The number of benzene rings is 2.